The van der Waals surface area contributed by atoms with E-state index in [4.69, 9.17) is 9.47 Å². The Hall–Kier alpha value is -0.0800. The smallest absolute Gasteiger partial charge is 0.157 e. The highest BCUT2D eigenvalue weighted by atomic mass is 16.7. The molecule has 0 aromatic heterocycles. The van der Waals surface area contributed by atoms with E-state index in [9.17, 15) is 0 Å². The molecule has 2 rings (SSSR count). The molecule has 0 radical (unpaired) electrons. The van der Waals surface area contributed by atoms with Crippen LogP contribution in [0.5, 0.6) is 0 Å². The monoisotopic (exact) mass is 310 g/mol. The summed E-state index contributed by atoms with van der Waals surface area (Å²) in [6.45, 7) is 1.79. The molecule has 1 aliphatic carbocycles. The van der Waals surface area contributed by atoms with Gasteiger partial charge in [0.2, 0.25) is 0 Å². The van der Waals surface area contributed by atoms with E-state index in [1.54, 1.807) is 0 Å². The van der Waals surface area contributed by atoms with E-state index in [1.165, 1.54) is 96.3 Å². The standard InChI is InChI=1S/C20H38O2/c1(3-5-7-9-13-19-15-16-19)2-4-6-8-11-17-21-20-14-10-12-18-22-20/h19-20H,1-18H2. The lowest BCUT2D eigenvalue weighted by Gasteiger charge is -2.22. The Morgan fingerprint density at radius 1 is 0.682 bits per heavy atom. The lowest BCUT2D eigenvalue weighted by atomic mass is 10.0. The maximum Gasteiger partial charge on any atom is 0.157 e. The number of hydrogen-bond donors (Lipinski definition) is 0. The van der Waals surface area contributed by atoms with Gasteiger partial charge >= 0.3 is 0 Å². The van der Waals surface area contributed by atoms with Gasteiger partial charge in [0.15, 0.2) is 6.29 Å². The summed E-state index contributed by atoms with van der Waals surface area (Å²) in [5.74, 6) is 1.13. The van der Waals surface area contributed by atoms with Crippen molar-refractivity contribution in [1.29, 1.82) is 0 Å². The normalized spacial score (nSPS) is 22.1. The molecule has 2 aliphatic rings. The molecule has 22 heavy (non-hydrogen) atoms. The van der Waals surface area contributed by atoms with Gasteiger partial charge in [0.1, 0.15) is 0 Å². The van der Waals surface area contributed by atoms with Gasteiger partial charge in [0, 0.05) is 13.2 Å². The lowest BCUT2D eigenvalue weighted by molar-refractivity contribution is -0.162. The first-order chi connectivity index (χ1) is 10.9. The largest absolute Gasteiger partial charge is 0.353 e. The molecule has 0 aromatic carbocycles. The van der Waals surface area contributed by atoms with Crippen molar-refractivity contribution < 1.29 is 9.47 Å². The molecule has 1 saturated carbocycles. The summed E-state index contributed by atoms with van der Waals surface area (Å²) in [6, 6.07) is 0. The van der Waals surface area contributed by atoms with Crippen LogP contribution in [0.4, 0.5) is 0 Å². The highest BCUT2D eigenvalue weighted by Crippen LogP contribution is 2.34. The van der Waals surface area contributed by atoms with Crippen molar-refractivity contribution >= 4 is 0 Å². The summed E-state index contributed by atoms with van der Waals surface area (Å²) in [7, 11) is 0. The summed E-state index contributed by atoms with van der Waals surface area (Å²) < 4.78 is 11.3. The van der Waals surface area contributed by atoms with Crippen molar-refractivity contribution in [3.63, 3.8) is 0 Å². The Balaban J connectivity index is 1.22. The molecule has 1 aliphatic heterocycles. The van der Waals surface area contributed by atoms with Gasteiger partial charge in [0.25, 0.3) is 0 Å². The van der Waals surface area contributed by atoms with Gasteiger partial charge in [-0.3, -0.25) is 0 Å². The Morgan fingerprint density at radius 3 is 1.91 bits per heavy atom. The van der Waals surface area contributed by atoms with Crippen molar-refractivity contribution in [3.05, 3.63) is 0 Å². The van der Waals surface area contributed by atoms with E-state index in [0.717, 1.165) is 25.6 Å². The molecule has 1 atom stereocenters. The van der Waals surface area contributed by atoms with Crippen LogP contribution >= 0.6 is 0 Å². The van der Waals surface area contributed by atoms with Crippen molar-refractivity contribution in [2.75, 3.05) is 13.2 Å². The number of unbranched alkanes of at least 4 members (excludes halogenated alkanes) is 9. The van der Waals surface area contributed by atoms with Gasteiger partial charge in [-0.15, -0.1) is 0 Å². The number of ether oxygens (including phenoxy) is 2. The minimum absolute atomic E-state index is 0.105. The summed E-state index contributed by atoms with van der Waals surface area (Å²) >= 11 is 0. The zero-order valence-corrected chi connectivity index (χ0v) is 14.7. The molecule has 0 aromatic rings. The molecule has 0 spiro atoms. The van der Waals surface area contributed by atoms with Crippen molar-refractivity contribution in [2.24, 2.45) is 5.92 Å². The molecule has 1 unspecified atom stereocenters. The topological polar surface area (TPSA) is 18.5 Å². The molecule has 0 amide bonds. The molecule has 1 saturated heterocycles. The van der Waals surface area contributed by atoms with Gasteiger partial charge < -0.3 is 9.47 Å². The summed E-state index contributed by atoms with van der Waals surface area (Å²) in [5.41, 5.74) is 0. The average Bonchev–Trinajstić information content (AvgIpc) is 3.37. The zero-order valence-electron chi connectivity index (χ0n) is 14.7. The first-order valence-corrected chi connectivity index (χ1v) is 10.2. The van der Waals surface area contributed by atoms with Crippen LogP contribution in [0.25, 0.3) is 0 Å². The highest BCUT2D eigenvalue weighted by molar-refractivity contribution is 4.72. The summed E-state index contributed by atoms with van der Waals surface area (Å²) in [4.78, 5) is 0. The van der Waals surface area contributed by atoms with Gasteiger partial charge in [-0.25, -0.2) is 0 Å². The quantitative estimate of drug-likeness (QED) is 0.354. The van der Waals surface area contributed by atoms with Crippen LogP contribution in [0, 0.1) is 5.92 Å². The van der Waals surface area contributed by atoms with Crippen LogP contribution in [-0.2, 0) is 9.47 Å². The zero-order chi connectivity index (χ0) is 15.3. The maximum atomic E-state index is 5.76. The van der Waals surface area contributed by atoms with Crippen LogP contribution in [0.3, 0.4) is 0 Å². The highest BCUT2D eigenvalue weighted by Gasteiger charge is 2.19. The average molecular weight is 311 g/mol. The van der Waals surface area contributed by atoms with Gasteiger partial charge in [-0.2, -0.15) is 0 Å². The lowest BCUT2D eigenvalue weighted by Crippen LogP contribution is -2.22. The third kappa shape index (κ3) is 9.84. The Labute approximate surface area is 138 Å². The third-order valence-corrected chi connectivity index (χ3v) is 5.15. The molecular formula is C20H38O2. The Bertz CT molecular complexity index is 244. The van der Waals surface area contributed by atoms with Crippen LogP contribution < -0.4 is 0 Å². The van der Waals surface area contributed by atoms with E-state index in [-0.39, 0.29) is 6.29 Å². The molecule has 2 heteroatoms. The Kier molecular flexibility index (Phi) is 10.3. The fourth-order valence-corrected chi connectivity index (χ4v) is 3.41. The third-order valence-electron chi connectivity index (χ3n) is 5.15. The molecule has 2 fully saturated rings. The SMILES string of the molecule is C(CCCCCCC1CC1)CCCCCOC1CCCCO1. The van der Waals surface area contributed by atoms with Crippen molar-refractivity contribution in [2.45, 2.75) is 109 Å². The second-order valence-corrected chi connectivity index (χ2v) is 7.43. The van der Waals surface area contributed by atoms with Crippen LogP contribution in [0.15, 0.2) is 0 Å². The molecule has 2 nitrogen and oxygen atoms in total. The molecular weight excluding hydrogens is 272 g/mol. The number of rotatable bonds is 14. The fourth-order valence-electron chi connectivity index (χ4n) is 3.41. The van der Waals surface area contributed by atoms with E-state index in [0.29, 0.717) is 0 Å². The van der Waals surface area contributed by atoms with Crippen molar-refractivity contribution in [3.8, 4) is 0 Å². The number of hydrogen-bond acceptors (Lipinski definition) is 2. The van der Waals surface area contributed by atoms with E-state index >= 15 is 0 Å². The second-order valence-electron chi connectivity index (χ2n) is 7.43. The second kappa shape index (κ2) is 12.4. The first-order valence-electron chi connectivity index (χ1n) is 10.2. The van der Waals surface area contributed by atoms with Crippen LogP contribution in [0.1, 0.15) is 103 Å². The van der Waals surface area contributed by atoms with Crippen LogP contribution in [0.2, 0.25) is 0 Å². The predicted octanol–water partition coefficient (Wildman–Crippen LogP) is 6.23. The maximum absolute atomic E-state index is 5.76. The fraction of sp³-hybridized carbons (Fsp3) is 1.00. The van der Waals surface area contributed by atoms with E-state index in [1.807, 2.05) is 0 Å². The van der Waals surface area contributed by atoms with E-state index in [2.05, 4.69) is 0 Å². The summed E-state index contributed by atoms with van der Waals surface area (Å²) in [6.07, 6.45) is 22.4. The van der Waals surface area contributed by atoms with Gasteiger partial charge in [-0.1, -0.05) is 77.0 Å². The molecule has 130 valence electrons. The van der Waals surface area contributed by atoms with E-state index < -0.39 is 0 Å². The minimum Gasteiger partial charge on any atom is -0.353 e. The van der Waals surface area contributed by atoms with Crippen LogP contribution in [-0.4, -0.2) is 19.5 Å². The summed E-state index contributed by atoms with van der Waals surface area (Å²) in [5, 5.41) is 0. The molecule has 0 bridgehead atoms. The molecule has 0 N–H and O–H groups in total. The van der Waals surface area contributed by atoms with Gasteiger partial charge in [-0.05, 0) is 31.6 Å². The predicted molar refractivity (Wildman–Crippen MR) is 93.1 cm³/mol. The van der Waals surface area contributed by atoms with Gasteiger partial charge in [0.05, 0.1) is 0 Å². The first kappa shape index (κ1) is 18.3. The van der Waals surface area contributed by atoms with Crippen molar-refractivity contribution in [1.82, 2.24) is 0 Å². The minimum atomic E-state index is 0.105. The molecule has 1 heterocycles. The Morgan fingerprint density at radius 2 is 1.32 bits per heavy atom.